The van der Waals surface area contributed by atoms with E-state index in [2.05, 4.69) is 35.9 Å². The number of aryl methyl sites for hydroxylation is 1. The Labute approximate surface area is 173 Å². The first-order valence-electron chi connectivity index (χ1n) is 10.1. The average molecular weight is 407 g/mol. The second-order valence-corrected chi connectivity index (χ2v) is 7.48. The fourth-order valence-electron chi connectivity index (χ4n) is 3.53. The zero-order valence-corrected chi connectivity index (χ0v) is 17.0. The zero-order valence-electron chi connectivity index (χ0n) is 17.0. The molecular formula is C21H25N7O2. The summed E-state index contributed by atoms with van der Waals surface area (Å²) in [6, 6.07) is 6.30. The number of anilines is 1. The van der Waals surface area contributed by atoms with Gasteiger partial charge in [0.1, 0.15) is 11.4 Å². The van der Waals surface area contributed by atoms with Gasteiger partial charge in [0.2, 0.25) is 0 Å². The minimum atomic E-state index is -0.191. The number of aromatic nitrogens is 4. The van der Waals surface area contributed by atoms with E-state index in [1.165, 1.54) is 0 Å². The molecule has 1 amide bonds. The van der Waals surface area contributed by atoms with Crippen molar-refractivity contribution in [1.82, 2.24) is 30.6 Å². The van der Waals surface area contributed by atoms with Crippen LogP contribution in [-0.4, -0.2) is 45.0 Å². The van der Waals surface area contributed by atoms with Gasteiger partial charge in [-0.15, -0.1) is 0 Å². The maximum atomic E-state index is 12.0. The number of amides is 1. The Balaban J connectivity index is 1.27. The standard InChI is InChI=1S/C21H25N7O2/c1-3-16-21(30)28-18-6-12(10-25-19(18)27-16)9-23-14-7-15(8-14)26-13-4-5-17(24-11-13)20(29)22-2/h4-6,10-11,14-15,23,26H,3,7-9H2,1-2H3,(H,22,29)(H,28,30). The molecule has 4 rings (SSSR count). The Hall–Kier alpha value is -3.33. The molecule has 1 aliphatic carbocycles. The molecule has 30 heavy (non-hydrogen) atoms. The van der Waals surface area contributed by atoms with E-state index < -0.39 is 0 Å². The molecule has 0 spiro atoms. The molecule has 1 aliphatic rings. The lowest BCUT2D eigenvalue weighted by molar-refractivity contribution is 0.0958. The van der Waals surface area contributed by atoms with Gasteiger partial charge in [0.15, 0.2) is 5.65 Å². The molecular weight excluding hydrogens is 382 g/mol. The number of H-pyrrole nitrogens is 1. The van der Waals surface area contributed by atoms with Crippen molar-refractivity contribution < 1.29 is 4.79 Å². The van der Waals surface area contributed by atoms with Crippen molar-refractivity contribution in [2.45, 2.75) is 44.8 Å². The molecule has 0 saturated heterocycles. The fraction of sp³-hybridized carbons (Fsp3) is 0.381. The van der Waals surface area contributed by atoms with Crippen molar-refractivity contribution in [3.63, 3.8) is 0 Å². The average Bonchev–Trinajstić information content (AvgIpc) is 2.74. The highest BCUT2D eigenvalue weighted by Crippen LogP contribution is 2.24. The third-order valence-corrected chi connectivity index (χ3v) is 5.34. The Bertz CT molecular complexity index is 1100. The molecule has 3 heterocycles. The molecule has 9 nitrogen and oxygen atoms in total. The molecule has 1 fully saturated rings. The first-order chi connectivity index (χ1) is 14.6. The molecule has 3 aromatic rings. The van der Waals surface area contributed by atoms with E-state index in [9.17, 15) is 9.59 Å². The van der Waals surface area contributed by atoms with Gasteiger partial charge in [-0.3, -0.25) is 9.59 Å². The number of rotatable bonds is 7. The molecule has 9 heteroatoms. The van der Waals surface area contributed by atoms with Crippen LogP contribution in [0, 0.1) is 0 Å². The number of nitrogens with zero attached hydrogens (tertiary/aromatic N) is 3. The van der Waals surface area contributed by atoms with Crippen molar-refractivity contribution in [1.29, 1.82) is 0 Å². The summed E-state index contributed by atoms with van der Waals surface area (Å²) < 4.78 is 0. The third-order valence-electron chi connectivity index (χ3n) is 5.34. The third kappa shape index (κ3) is 4.30. The van der Waals surface area contributed by atoms with Crippen molar-refractivity contribution in [3.8, 4) is 0 Å². The predicted molar refractivity (Wildman–Crippen MR) is 114 cm³/mol. The number of nitrogens with one attached hydrogen (secondary N) is 4. The van der Waals surface area contributed by atoms with Gasteiger partial charge in [-0.1, -0.05) is 6.92 Å². The lowest BCUT2D eigenvalue weighted by atomic mass is 9.86. The molecule has 0 radical (unpaired) electrons. The smallest absolute Gasteiger partial charge is 0.270 e. The summed E-state index contributed by atoms with van der Waals surface area (Å²) in [5, 5.41) is 9.52. The van der Waals surface area contributed by atoms with Gasteiger partial charge in [-0.05, 0) is 43.0 Å². The van der Waals surface area contributed by atoms with Gasteiger partial charge < -0.3 is 20.9 Å². The van der Waals surface area contributed by atoms with Gasteiger partial charge in [0.05, 0.1) is 17.4 Å². The summed E-state index contributed by atoms with van der Waals surface area (Å²) in [5.74, 6) is -0.191. The first-order valence-corrected chi connectivity index (χ1v) is 10.1. The summed E-state index contributed by atoms with van der Waals surface area (Å²) in [6.45, 7) is 2.58. The van der Waals surface area contributed by atoms with Crippen LogP contribution in [-0.2, 0) is 13.0 Å². The molecule has 0 aromatic carbocycles. The number of fused-ring (bicyclic) bond motifs is 1. The summed E-state index contributed by atoms with van der Waals surface area (Å²) in [4.78, 5) is 39.2. The fourth-order valence-corrected chi connectivity index (χ4v) is 3.53. The Morgan fingerprint density at radius 3 is 2.73 bits per heavy atom. The Morgan fingerprint density at radius 1 is 1.20 bits per heavy atom. The number of hydrogen-bond acceptors (Lipinski definition) is 7. The zero-order chi connectivity index (χ0) is 21.1. The number of carbonyl (C=O) groups is 1. The minimum absolute atomic E-state index is 0.150. The number of hydrogen-bond donors (Lipinski definition) is 4. The van der Waals surface area contributed by atoms with Gasteiger partial charge in [0.25, 0.3) is 11.5 Å². The SMILES string of the molecule is CCc1nc2ncc(CNC3CC(Nc4ccc(C(=O)NC)nc4)C3)cc2[nH]c1=O. The van der Waals surface area contributed by atoms with Crippen LogP contribution in [0.3, 0.4) is 0 Å². The van der Waals surface area contributed by atoms with Gasteiger partial charge in [0, 0.05) is 31.9 Å². The van der Waals surface area contributed by atoms with Crippen molar-refractivity contribution in [2.24, 2.45) is 0 Å². The topological polar surface area (TPSA) is 125 Å². The summed E-state index contributed by atoms with van der Waals surface area (Å²) in [7, 11) is 1.59. The number of aromatic amines is 1. The maximum Gasteiger partial charge on any atom is 0.270 e. The Kier molecular flexibility index (Phi) is 5.71. The van der Waals surface area contributed by atoms with Crippen LogP contribution in [0.2, 0.25) is 0 Å². The molecule has 3 aromatic heterocycles. The molecule has 0 unspecified atom stereocenters. The van der Waals surface area contributed by atoms with Gasteiger partial charge in [-0.2, -0.15) is 0 Å². The molecule has 4 N–H and O–H groups in total. The second kappa shape index (κ2) is 8.58. The van der Waals surface area contributed by atoms with Gasteiger partial charge >= 0.3 is 0 Å². The number of pyridine rings is 2. The first kappa shape index (κ1) is 20.0. The van der Waals surface area contributed by atoms with E-state index in [-0.39, 0.29) is 11.5 Å². The van der Waals surface area contributed by atoms with Crippen LogP contribution in [0.1, 0.15) is 41.5 Å². The highest BCUT2D eigenvalue weighted by Gasteiger charge is 2.28. The van der Waals surface area contributed by atoms with Crippen molar-refractivity contribution in [2.75, 3.05) is 12.4 Å². The highest BCUT2D eigenvalue weighted by molar-refractivity contribution is 5.92. The van der Waals surface area contributed by atoms with Crippen molar-refractivity contribution >= 4 is 22.8 Å². The molecule has 0 aliphatic heterocycles. The molecule has 0 atom stereocenters. The minimum Gasteiger partial charge on any atom is -0.381 e. The monoisotopic (exact) mass is 407 g/mol. The predicted octanol–water partition coefficient (Wildman–Crippen LogP) is 1.37. The van der Waals surface area contributed by atoms with E-state index in [1.54, 1.807) is 25.5 Å². The van der Waals surface area contributed by atoms with E-state index in [4.69, 9.17) is 0 Å². The van der Waals surface area contributed by atoms with Crippen LogP contribution in [0.4, 0.5) is 5.69 Å². The lowest BCUT2D eigenvalue weighted by Crippen LogP contribution is -2.47. The number of carbonyl (C=O) groups excluding carboxylic acids is 1. The van der Waals surface area contributed by atoms with Crippen LogP contribution in [0.5, 0.6) is 0 Å². The summed E-state index contributed by atoms with van der Waals surface area (Å²) >= 11 is 0. The maximum absolute atomic E-state index is 12.0. The quantitative estimate of drug-likeness (QED) is 0.466. The van der Waals surface area contributed by atoms with Gasteiger partial charge in [-0.25, -0.2) is 15.0 Å². The van der Waals surface area contributed by atoms with Crippen molar-refractivity contribution in [3.05, 3.63) is 57.9 Å². The second-order valence-electron chi connectivity index (χ2n) is 7.48. The van der Waals surface area contributed by atoms with Crippen LogP contribution in [0.15, 0.2) is 35.4 Å². The van der Waals surface area contributed by atoms with E-state index in [0.29, 0.717) is 47.6 Å². The van der Waals surface area contributed by atoms with Crippen LogP contribution < -0.4 is 21.5 Å². The van der Waals surface area contributed by atoms with Crippen LogP contribution >= 0.6 is 0 Å². The lowest BCUT2D eigenvalue weighted by Gasteiger charge is -2.37. The summed E-state index contributed by atoms with van der Waals surface area (Å²) in [6.07, 6.45) is 6.06. The van der Waals surface area contributed by atoms with E-state index in [0.717, 1.165) is 24.1 Å². The molecule has 156 valence electrons. The normalized spacial score (nSPS) is 18.1. The van der Waals surface area contributed by atoms with E-state index in [1.807, 2.05) is 19.1 Å². The Morgan fingerprint density at radius 2 is 2.03 bits per heavy atom. The highest BCUT2D eigenvalue weighted by atomic mass is 16.1. The van der Waals surface area contributed by atoms with Crippen LogP contribution in [0.25, 0.3) is 11.2 Å². The molecule has 1 saturated carbocycles. The summed E-state index contributed by atoms with van der Waals surface area (Å²) in [5.41, 5.74) is 3.91. The van der Waals surface area contributed by atoms with E-state index >= 15 is 0 Å². The molecule has 0 bridgehead atoms. The largest absolute Gasteiger partial charge is 0.381 e.